The molecule has 20 heavy (non-hydrogen) atoms. The molecule has 0 aliphatic heterocycles. The van der Waals surface area contributed by atoms with Crippen LogP contribution in [-0.2, 0) is 0 Å². The van der Waals surface area contributed by atoms with Crippen LogP contribution in [0, 0.1) is 6.92 Å². The molecule has 5 N–H and O–H groups in total. The Kier molecular flexibility index (Phi) is 4.91. The predicted octanol–water partition coefficient (Wildman–Crippen LogP) is 2.22. The molecule has 0 aromatic heterocycles. The fourth-order valence-electron chi connectivity index (χ4n) is 1.36. The smallest absolute Gasteiger partial charge is 0.126 e. The van der Waals surface area contributed by atoms with Gasteiger partial charge in [0.15, 0.2) is 0 Å². The van der Waals surface area contributed by atoms with Crippen molar-refractivity contribution in [2.45, 2.75) is 6.92 Å². The van der Waals surface area contributed by atoms with E-state index in [-0.39, 0.29) is 28.7 Å². The van der Waals surface area contributed by atoms with Crippen molar-refractivity contribution >= 4 is 0 Å². The third-order valence-electron chi connectivity index (χ3n) is 2.45. The highest BCUT2D eigenvalue weighted by Crippen LogP contribution is 2.30. The van der Waals surface area contributed by atoms with Gasteiger partial charge in [0.05, 0.1) is 7.11 Å². The maximum Gasteiger partial charge on any atom is 0.126 e. The summed E-state index contributed by atoms with van der Waals surface area (Å²) in [5.74, 6) is 0.0989. The minimum atomic E-state index is -0.138. The SMILES string of the molecule is COc1cc(O)cc(O)c1.Cc1c(O)cc(O)cc1O. The minimum absolute atomic E-state index is 0.00292. The van der Waals surface area contributed by atoms with Gasteiger partial charge in [0.25, 0.3) is 0 Å². The summed E-state index contributed by atoms with van der Waals surface area (Å²) in [6.45, 7) is 1.56. The molecule has 0 atom stereocenters. The summed E-state index contributed by atoms with van der Waals surface area (Å²) in [7, 11) is 1.47. The number of hydrogen-bond donors (Lipinski definition) is 5. The molecule has 6 nitrogen and oxygen atoms in total. The van der Waals surface area contributed by atoms with Crippen molar-refractivity contribution in [3.05, 3.63) is 35.9 Å². The number of phenols is 5. The Morgan fingerprint density at radius 3 is 1.50 bits per heavy atom. The van der Waals surface area contributed by atoms with Crippen LogP contribution in [0.4, 0.5) is 0 Å². The highest BCUT2D eigenvalue weighted by Gasteiger charge is 2.02. The third-order valence-corrected chi connectivity index (χ3v) is 2.45. The summed E-state index contributed by atoms with van der Waals surface area (Å²) < 4.78 is 4.76. The number of benzene rings is 2. The van der Waals surface area contributed by atoms with Crippen LogP contribution in [0.3, 0.4) is 0 Å². The maximum absolute atomic E-state index is 8.96. The van der Waals surface area contributed by atoms with Crippen LogP contribution in [0.25, 0.3) is 0 Å². The third kappa shape index (κ3) is 4.16. The molecule has 2 aromatic rings. The summed E-state index contributed by atoms with van der Waals surface area (Å²) in [4.78, 5) is 0. The predicted molar refractivity (Wildman–Crippen MR) is 72.5 cm³/mol. The molecule has 0 aliphatic carbocycles. The summed E-state index contributed by atoms with van der Waals surface area (Å²) in [5, 5.41) is 44.5. The Balaban J connectivity index is 0.000000200. The molecule has 2 aromatic carbocycles. The van der Waals surface area contributed by atoms with E-state index in [1.54, 1.807) is 6.92 Å². The largest absolute Gasteiger partial charge is 0.508 e. The molecule has 0 heterocycles. The quantitative estimate of drug-likeness (QED) is 0.548. The molecule has 0 spiro atoms. The lowest BCUT2D eigenvalue weighted by molar-refractivity contribution is 0.398. The number of phenolic OH excluding ortho intramolecular Hbond substituents is 5. The van der Waals surface area contributed by atoms with Gasteiger partial charge in [-0.05, 0) is 6.92 Å². The number of hydrogen-bond acceptors (Lipinski definition) is 6. The molecule has 2 rings (SSSR count). The average molecular weight is 280 g/mol. The lowest BCUT2D eigenvalue weighted by Crippen LogP contribution is -1.80. The molecule has 0 unspecified atom stereocenters. The second-order valence-electron chi connectivity index (χ2n) is 4.00. The van der Waals surface area contributed by atoms with Crippen LogP contribution in [0.2, 0.25) is 0 Å². The van der Waals surface area contributed by atoms with Gasteiger partial charge >= 0.3 is 0 Å². The molecular weight excluding hydrogens is 264 g/mol. The summed E-state index contributed by atoms with van der Waals surface area (Å²) >= 11 is 0. The van der Waals surface area contributed by atoms with Gasteiger partial charge in [0.1, 0.15) is 34.5 Å². The molecule has 6 heteroatoms. The van der Waals surface area contributed by atoms with Gasteiger partial charge in [-0.25, -0.2) is 0 Å². The first-order valence-corrected chi connectivity index (χ1v) is 5.62. The van der Waals surface area contributed by atoms with E-state index in [1.807, 2.05) is 0 Å². The molecule has 0 saturated heterocycles. The van der Waals surface area contributed by atoms with Gasteiger partial charge in [-0.2, -0.15) is 0 Å². The highest BCUT2D eigenvalue weighted by atomic mass is 16.5. The Labute approximate surface area is 115 Å². The molecule has 0 amide bonds. The van der Waals surface area contributed by atoms with E-state index in [4.69, 9.17) is 30.3 Å². The molecule has 108 valence electrons. The van der Waals surface area contributed by atoms with Gasteiger partial charge < -0.3 is 30.3 Å². The zero-order valence-electron chi connectivity index (χ0n) is 11.0. The van der Waals surface area contributed by atoms with E-state index in [0.717, 1.165) is 0 Å². The monoisotopic (exact) mass is 280 g/mol. The number of aromatic hydroxyl groups is 5. The zero-order chi connectivity index (χ0) is 15.3. The Morgan fingerprint density at radius 2 is 1.10 bits per heavy atom. The van der Waals surface area contributed by atoms with Crippen LogP contribution >= 0.6 is 0 Å². The average Bonchev–Trinajstić information content (AvgIpc) is 2.35. The van der Waals surface area contributed by atoms with E-state index in [2.05, 4.69) is 0 Å². The minimum Gasteiger partial charge on any atom is -0.508 e. The van der Waals surface area contributed by atoms with Crippen LogP contribution in [0.5, 0.6) is 34.5 Å². The first kappa shape index (κ1) is 15.3. The molecule has 0 bridgehead atoms. The first-order valence-electron chi connectivity index (χ1n) is 5.62. The molecule has 0 saturated carbocycles. The molecular formula is C14H16O6. The van der Waals surface area contributed by atoms with E-state index < -0.39 is 0 Å². The number of rotatable bonds is 1. The van der Waals surface area contributed by atoms with Crippen molar-refractivity contribution < 1.29 is 30.3 Å². The van der Waals surface area contributed by atoms with Crippen LogP contribution in [0.1, 0.15) is 5.56 Å². The van der Waals surface area contributed by atoms with Crippen LogP contribution in [-0.4, -0.2) is 32.6 Å². The lowest BCUT2D eigenvalue weighted by Gasteiger charge is -2.01. The van der Waals surface area contributed by atoms with Crippen molar-refractivity contribution in [1.29, 1.82) is 0 Å². The first-order chi connectivity index (χ1) is 9.33. The van der Waals surface area contributed by atoms with Crippen LogP contribution < -0.4 is 4.74 Å². The van der Waals surface area contributed by atoms with Crippen molar-refractivity contribution in [3.63, 3.8) is 0 Å². The Bertz CT molecular complexity index is 551. The van der Waals surface area contributed by atoms with Crippen molar-refractivity contribution in [2.24, 2.45) is 0 Å². The fraction of sp³-hybridized carbons (Fsp3) is 0.143. The molecule has 0 radical (unpaired) electrons. The molecule has 0 aliphatic rings. The van der Waals surface area contributed by atoms with Gasteiger partial charge in [0.2, 0.25) is 0 Å². The van der Waals surface area contributed by atoms with Crippen LogP contribution in [0.15, 0.2) is 30.3 Å². The topological polar surface area (TPSA) is 110 Å². The Morgan fingerprint density at radius 1 is 0.700 bits per heavy atom. The van der Waals surface area contributed by atoms with E-state index >= 15 is 0 Å². The van der Waals surface area contributed by atoms with E-state index in [9.17, 15) is 0 Å². The van der Waals surface area contributed by atoms with Gasteiger partial charge in [0, 0.05) is 35.9 Å². The Hall–Kier alpha value is -2.76. The van der Waals surface area contributed by atoms with Gasteiger partial charge in [-0.15, -0.1) is 0 Å². The lowest BCUT2D eigenvalue weighted by atomic mass is 10.2. The molecule has 0 fully saturated rings. The maximum atomic E-state index is 8.96. The normalized spacial score (nSPS) is 9.50. The van der Waals surface area contributed by atoms with E-state index in [0.29, 0.717) is 11.3 Å². The van der Waals surface area contributed by atoms with Crippen molar-refractivity contribution in [3.8, 4) is 34.5 Å². The summed E-state index contributed by atoms with van der Waals surface area (Å²) in [6, 6.07) is 6.42. The zero-order valence-corrected chi connectivity index (χ0v) is 11.0. The second kappa shape index (κ2) is 6.42. The number of ether oxygens (including phenoxy) is 1. The standard InChI is InChI=1S/2C7H8O3/c1-10-7-3-5(8)2-6(9)4-7;1-4-6(9)2-5(8)3-7(4)10/h2-4,8-9H,1H3;2-3,8-10H,1H3. The van der Waals surface area contributed by atoms with Crippen molar-refractivity contribution in [2.75, 3.05) is 7.11 Å². The summed E-state index contributed by atoms with van der Waals surface area (Å²) in [5.41, 5.74) is 0.373. The van der Waals surface area contributed by atoms with Gasteiger partial charge in [-0.3, -0.25) is 0 Å². The van der Waals surface area contributed by atoms with E-state index in [1.165, 1.54) is 37.4 Å². The van der Waals surface area contributed by atoms with Gasteiger partial charge in [-0.1, -0.05) is 0 Å². The highest BCUT2D eigenvalue weighted by molar-refractivity contribution is 5.47. The second-order valence-corrected chi connectivity index (χ2v) is 4.00. The fourth-order valence-corrected chi connectivity index (χ4v) is 1.36. The van der Waals surface area contributed by atoms with Crippen molar-refractivity contribution in [1.82, 2.24) is 0 Å². The summed E-state index contributed by atoms with van der Waals surface area (Å²) in [6.07, 6.45) is 0. The number of methoxy groups -OCH3 is 1.